The summed E-state index contributed by atoms with van der Waals surface area (Å²) in [6.07, 6.45) is 1.74. The number of methoxy groups -OCH3 is 4. The molecule has 0 heterocycles. The van der Waals surface area contributed by atoms with Crippen molar-refractivity contribution in [2.75, 3.05) is 28.4 Å². The predicted molar refractivity (Wildman–Crippen MR) is 97.5 cm³/mol. The highest BCUT2D eigenvalue weighted by atomic mass is 16.5. The molecular formula is C20H23NO5. The van der Waals surface area contributed by atoms with Crippen LogP contribution in [0.25, 0.3) is 0 Å². The highest BCUT2D eigenvalue weighted by Crippen LogP contribution is 2.47. The molecule has 0 unspecified atom stereocenters. The van der Waals surface area contributed by atoms with Crippen molar-refractivity contribution in [2.24, 2.45) is 0 Å². The molecule has 1 fully saturated rings. The number of ether oxygens (including phenoxy) is 4. The summed E-state index contributed by atoms with van der Waals surface area (Å²) in [5.41, 5.74) is 1.11. The molecule has 6 heteroatoms. The summed E-state index contributed by atoms with van der Waals surface area (Å²) < 4.78 is 21.2. The van der Waals surface area contributed by atoms with Crippen molar-refractivity contribution in [3.05, 3.63) is 47.5 Å². The predicted octanol–water partition coefficient (Wildman–Crippen LogP) is 3.14. The molecule has 0 aliphatic heterocycles. The molecule has 2 aromatic rings. The third-order valence-electron chi connectivity index (χ3n) is 4.65. The first-order chi connectivity index (χ1) is 12.5. The van der Waals surface area contributed by atoms with Crippen LogP contribution >= 0.6 is 0 Å². The molecule has 0 aromatic heterocycles. The zero-order chi connectivity index (χ0) is 18.7. The Bertz CT molecular complexity index is 792. The Morgan fingerprint density at radius 3 is 1.96 bits per heavy atom. The second-order valence-electron chi connectivity index (χ2n) is 6.21. The van der Waals surface area contributed by atoms with Crippen molar-refractivity contribution < 1.29 is 23.7 Å². The Hall–Kier alpha value is -2.89. The van der Waals surface area contributed by atoms with E-state index in [0.717, 1.165) is 18.4 Å². The maximum absolute atomic E-state index is 12.8. The summed E-state index contributed by atoms with van der Waals surface area (Å²) in [7, 11) is 6.32. The largest absolute Gasteiger partial charge is 0.497 e. The molecule has 26 heavy (non-hydrogen) atoms. The van der Waals surface area contributed by atoms with Gasteiger partial charge in [-0.25, -0.2) is 0 Å². The van der Waals surface area contributed by atoms with Gasteiger partial charge in [-0.05, 0) is 42.7 Å². The number of hydrogen-bond donors (Lipinski definition) is 1. The van der Waals surface area contributed by atoms with Crippen LogP contribution in [-0.4, -0.2) is 34.3 Å². The van der Waals surface area contributed by atoms with Crippen LogP contribution in [0.1, 0.15) is 28.8 Å². The number of carbonyl (C=O) groups is 1. The molecule has 0 radical (unpaired) electrons. The van der Waals surface area contributed by atoms with Crippen LogP contribution in [0.3, 0.4) is 0 Å². The Balaban J connectivity index is 1.85. The molecule has 0 spiro atoms. The first-order valence-corrected chi connectivity index (χ1v) is 8.33. The molecule has 2 aromatic carbocycles. The molecule has 0 saturated heterocycles. The SMILES string of the molecule is COc1cc(OC)cc(C(=O)NC2(c3ccc(OC)c(OC)c3)CC2)c1. The van der Waals surface area contributed by atoms with Crippen LogP contribution in [0.5, 0.6) is 23.0 Å². The molecule has 0 atom stereocenters. The van der Waals surface area contributed by atoms with Gasteiger partial charge in [-0.1, -0.05) is 6.07 Å². The summed E-state index contributed by atoms with van der Waals surface area (Å²) in [4.78, 5) is 12.8. The smallest absolute Gasteiger partial charge is 0.252 e. The van der Waals surface area contributed by atoms with Crippen LogP contribution in [0.4, 0.5) is 0 Å². The van der Waals surface area contributed by atoms with Gasteiger partial charge in [0.05, 0.1) is 34.0 Å². The lowest BCUT2D eigenvalue weighted by Crippen LogP contribution is -2.34. The summed E-state index contributed by atoms with van der Waals surface area (Å²) in [5.74, 6) is 2.29. The fourth-order valence-corrected chi connectivity index (χ4v) is 2.97. The molecule has 3 rings (SSSR count). The Kier molecular flexibility index (Phi) is 4.93. The number of amides is 1. The summed E-state index contributed by atoms with van der Waals surface area (Å²) >= 11 is 0. The Morgan fingerprint density at radius 1 is 0.846 bits per heavy atom. The second kappa shape index (κ2) is 7.15. The molecule has 1 aliphatic rings. The highest BCUT2D eigenvalue weighted by Gasteiger charge is 2.46. The zero-order valence-corrected chi connectivity index (χ0v) is 15.4. The number of rotatable bonds is 7. The first-order valence-electron chi connectivity index (χ1n) is 8.33. The second-order valence-corrected chi connectivity index (χ2v) is 6.21. The van der Waals surface area contributed by atoms with Gasteiger partial charge in [-0.15, -0.1) is 0 Å². The monoisotopic (exact) mass is 357 g/mol. The van der Waals surface area contributed by atoms with Gasteiger partial charge in [0, 0.05) is 11.6 Å². The molecule has 138 valence electrons. The molecule has 1 aliphatic carbocycles. The van der Waals surface area contributed by atoms with E-state index in [2.05, 4.69) is 5.32 Å². The van der Waals surface area contributed by atoms with Gasteiger partial charge >= 0.3 is 0 Å². The first kappa shape index (κ1) is 17.9. The fraction of sp³-hybridized carbons (Fsp3) is 0.350. The average molecular weight is 357 g/mol. The summed E-state index contributed by atoms with van der Waals surface area (Å²) in [6, 6.07) is 10.9. The molecule has 0 bridgehead atoms. The van der Waals surface area contributed by atoms with Crippen molar-refractivity contribution >= 4 is 5.91 Å². The topological polar surface area (TPSA) is 66.0 Å². The lowest BCUT2D eigenvalue weighted by molar-refractivity contribution is 0.0930. The molecule has 1 N–H and O–H groups in total. The van der Waals surface area contributed by atoms with Gasteiger partial charge in [0.2, 0.25) is 0 Å². The van der Waals surface area contributed by atoms with Gasteiger partial charge in [0.25, 0.3) is 5.91 Å². The van der Waals surface area contributed by atoms with Crippen molar-refractivity contribution in [3.8, 4) is 23.0 Å². The van der Waals surface area contributed by atoms with Gasteiger partial charge in [0.1, 0.15) is 11.5 Å². The Labute approximate surface area is 153 Å². The minimum Gasteiger partial charge on any atom is -0.497 e. The van der Waals surface area contributed by atoms with E-state index in [1.165, 1.54) is 0 Å². The molecule has 1 saturated carbocycles. The average Bonchev–Trinajstić information content (AvgIpc) is 3.47. The van der Waals surface area contributed by atoms with E-state index in [4.69, 9.17) is 18.9 Å². The molecule has 6 nitrogen and oxygen atoms in total. The molecule has 1 amide bonds. The number of carbonyl (C=O) groups excluding carboxylic acids is 1. The van der Waals surface area contributed by atoms with E-state index in [-0.39, 0.29) is 11.4 Å². The van der Waals surface area contributed by atoms with Crippen molar-refractivity contribution in [1.29, 1.82) is 0 Å². The van der Waals surface area contributed by atoms with Gasteiger partial charge < -0.3 is 24.3 Å². The molecular weight excluding hydrogens is 334 g/mol. The fourth-order valence-electron chi connectivity index (χ4n) is 2.97. The normalized spacial score (nSPS) is 14.3. The van der Waals surface area contributed by atoms with E-state index in [9.17, 15) is 4.79 Å². The number of nitrogens with one attached hydrogen (secondary N) is 1. The minimum absolute atomic E-state index is 0.172. The zero-order valence-electron chi connectivity index (χ0n) is 15.4. The lowest BCUT2D eigenvalue weighted by Gasteiger charge is -2.20. The van der Waals surface area contributed by atoms with Gasteiger partial charge in [-0.2, -0.15) is 0 Å². The quantitative estimate of drug-likeness (QED) is 0.825. The third kappa shape index (κ3) is 3.40. The van der Waals surface area contributed by atoms with E-state index in [1.807, 2.05) is 18.2 Å². The number of hydrogen-bond acceptors (Lipinski definition) is 5. The van der Waals surface area contributed by atoms with Gasteiger partial charge in [0.15, 0.2) is 11.5 Å². The van der Waals surface area contributed by atoms with Crippen molar-refractivity contribution in [1.82, 2.24) is 5.32 Å². The highest BCUT2D eigenvalue weighted by molar-refractivity contribution is 5.96. The standard InChI is InChI=1S/C20H23NO5/c1-23-15-9-13(10-16(12-15)24-2)19(22)21-20(7-8-20)14-5-6-17(25-3)18(11-14)26-4/h5-6,9-12H,7-8H2,1-4H3,(H,21,22). The lowest BCUT2D eigenvalue weighted by atomic mass is 10.0. The van der Waals surface area contributed by atoms with Crippen molar-refractivity contribution in [2.45, 2.75) is 18.4 Å². The van der Waals surface area contributed by atoms with E-state index < -0.39 is 0 Å². The summed E-state index contributed by atoms with van der Waals surface area (Å²) in [6.45, 7) is 0. The third-order valence-corrected chi connectivity index (χ3v) is 4.65. The Morgan fingerprint density at radius 2 is 1.46 bits per heavy atom. The van der Waals surface area contributed by atoms with Crippen LogP contribution in [0.15, 0.2) is 36.4 Å². The van der Waals surface area contributed by atoms with Gasteiger partial charge in [-0.3, -0.25) is 4.79 Å². The maximum Gasteiger partial charge on any atom is 0.252 e. The maximum atomic E-state index is 12.8. The number of benzene rings is 2. The van der Waals surface area contributed by atoms with Crippen molar-refractivity contribution in [3.63, 3.8) is 0 Å². The van der Waals surface area contributed by atoms with E-state index >= 15 is 0 Å². The van der Waals surface area contributed by atoms with E-state index in [0.29, 0.717) is 28.6 Å². The van der Waals surface area contributed by atoms with Crippen LogP contribution in [-0.2, 0) is 5.54 Å². The minimum atomic E-state index is -0.382. The van der Waals surface area contributed by atoms with Crippen LogP contribution in [0.2, 0.25) is 0 Å². The van der Waals surface area contributed by atoms with Crippen LogP contribution in [0, 0.1) is 0 Å². The van der Waals surface area contributed by atoms with E-state index in [1.54, 1.807) is 46.6 Å². The van der Waals surface area contributed by atoms with Crippen LogP contribution < -0.4 is 24.3 Å². The summed E-state index contributed by atoms with van der Waals surface area (Å²) in [5, 5.41) is 3.14.